The van der Waals surface area contributed by atoms with E-state index in [1.807, 2.05) is 24.4 Å². The first-order valence-corrected chi connectivity index (χ1v) is 16.7. The fraction of sp³-hybridized carbons (Fsp3) is 0.167. The van der Waals surface area contributed by atoms with Gasteiger partial charge in [0.05, 0.1) is 11.2 Å². The Bertz CT molecular complexity index is 2030. The molecule has 1 aliphatic rings. The quantitative estimate of drug-likeness (QED) is 0.158. The Morgan fingerprint density at radius 3 is 1.90 bits per heavy atom. The SMILES string of the molecule is Cc1nn(C(c2ccccc2)(c2ccccc2)c2ccccc2)cc1-c1ccc2nccc(N3CCC(Oc4ccccn4)CC3)c2c1. The number of aromatic nitrogens is 4. The summed E-state index contributed by atoms with van der Waals surface area (Å²) >= 11 is 0. The van der Waals surface area contributed by atoms with Crippen LogP contribution in [0.25, 0.3) is 22.0 Å². The predicted molar refractivity (Wildman–Crippen MR) is 192 cm³/mol. The molecule has 8 rings (SSSR count). The third-order valence-corrected chi connectivity index (χ3v) is 9.55. The van der Waals surface area contributed by atoms with E-state index < -0.39 is 5.54 Å². The van der Waals surface area contributed by atoms with Gasteiger partial charge in [-0.25, -0.2) is 4.98 Å². The van der Waals surface area contributed by atoms with Crippen LogP contribution in [0.5, 0.6) is 5.88 Å². The number of pyridine rings is 2. The van der Waals surface area contributed by atoms with E-state index in [-0.39, 0.29) is 6.10 Å². The molecule has 0 bridgehead atoms. The molecule has 1 fully saturated rings. The molecule has 1 saturated heterocycles. The van der Waals surface area contributed by atoms with Crippen molar-refractivity contribution in [3.8, 4) is 17.0 Å². The predicted octanol–water partition coefficient (Wildman–Crippen LogP) is 8.69. The van der Waals surface area contributed by atoms with E-state index in [0.29, 0.717) is 5.88 Å². The van der Waals surface area contributed by atoms with E-state index in [1.165, 1.54) is 5.69 Å². The summed E-state index contributed by atoms with van der Waals surface area (Å²) in [6.07, 6.45) is 7.96. The summed E-state index contributed by atoms with van der Waals surface area (Å²) in [5.41, 5.74) is 8.16. The lowest BCUT2D eigenvalue weighted by Crippen LogP contribution is -2.38. The Morgan fingerprint density at radius 2 is 1.29 bits per heavy atom. The van der Waals surface area contributed by atoms with Crippen LogP contribution in [0, 0.1) is 6.92 Å². The molecule has 1 aliphatic heterocycles. The second-order valence-electron chi connectivity index (χ2n) is 12.4. The minimum absolute atomic E-state index is 0.160. The molecule has 0 amide bonds. The minimum Gasteiger partial charge on any atom is -0.474 e. The van der Waals surface area contributed by atoms with Gasteiger partial charge in [0.2, 0.25) is 5.88 Å². The fourth-order valence-corrected chi connectivity index (χ4v) is 7.23. The number of benzene rings is 4. The van der Waals surface area contributed by atoms with Crippen LogP contribution in [0.4, 0.5) is 5.69 Å². The largest absolute Gasteiger partial charge is 0.474 e. The molecule has 48 heavy (non-hydrogen) atoms. The van der Waals surface area contributed by atoms with Crippen LogP contribution in [-0.4, -0.2) is 38.9 Å². The van der Waals surface area contributed by atoms with Gasteiger partial charge < -0.3 is 9.64 Å². The van der Waals surface area contributed by atoms with E-state index in [1.54, 1.807) is 6.20 Å². The summed E-state index contributed by atoms with van der Waals surface area (Å²) in [5.74, 6) is 0.696. The Hall–Kier alpha value is -5.75. The average molecular weight is 628 g/mol. The van der Waals surface area contributed by atoms with E-state index in [9.17, 15) is 0 Å². The van der Waals surface area contributed by atoms with Gasteiger partial charge in [-0.05, 0) is 53.4 Å². The van der Waals surface area contributed by atoms with Crippen molar-refractivity contribution >= 4 is 16.6 Å². The van der Waals surface area contributed by atoms with Crippen molar-refractivity contribution in [2.75, 3.05) is 18.0 Å². The van der Waals surface area contributed by atoms with E-state index in [4.69, 9.17) is 14.8 Å². The van der Waals surface area contributed by atoms with Crippen LogP contribution in [-0.2, 0) is 5.54 Å². The lowest BCUT2D eigenvalue weighted by molar-refractivity contribution is 0.164. The van der Waals surface area contributed by atoms with Crippen molar-refractivity contribution < 1.29 is 4.74 Å². The fourth-order valence-electron chi connectivity index (χ4n) is 7.23. The summed E-state index contributed by atoms with van der Waals surface area (Å²) < 4.78 is 8.35. The maximum atomic E-state index is 6.18. The lowest BCUT2D eigenvalue weighted by atomic mass is 9.77. The van der Waals surface area contributed by atoms with Crippen molar-refractivity contribution in [2.24, 2.45) is 0 Å². The summed E-state index contributed by atoms with van der Waals surface area (Å²) in [5, 5.41) is 6.44. The molecule has 6 heteroatoms. The molecule has 7 aromatic rings. The molecule has 236 valence electrons. The second-order valence-corrected chi connectivity index (χ2v) is 12.4. The number of anilines is 1. The standard InChI is InChI=1S/C42H37N5O/c1-31-38(30-47(45-31)42(33-13-5-2-6-14-33,34-15-7-3-8-16-34)35-17-9-4-10-18-35)32-20-21-39-37(29-32)40(22-26-43-39)46-27-23-36(24-28-46)48-41-19-11-12-25-44-41/h2-22,25-26,29-30,36H,23-24,27-28H2,1H3. The van der Waals surface area contributed by atoms with Crippen LogP contribution in [0.1, 0.15) is 35.2 Å². The lowest BCUT2D eigenvalue weighted by Gasteiger charge is -2.36. The third-order valence-electron chi connectivity index (χ3n) is 9.55. The van der Waals surface area contributed by atoms with E-state index >= 15 is 0 Å². The molecule has 0 aliphatic carbocycles. The van der Waals surface area contributed by atoms with Crippen molar-refractivity contribution in [1.29, 1.82) is 0 Å². The monoisotopic (exact) mass is 627 g/mol. The van der Waals surface area contributed by atoms with E-state index in [0.717, 1.165) is 70.3 Å². The average Bonchev–Trinajstić information content (AvgIpc) is 3.55. The summed E-state index contributed by atoms with van der Waals surface area (Å²) in [6, 6.07) is 46.7. The first kappa shape index (κ1) is 29.6. The molecule has 4 heterocycles. The highest BCUT2D eigenvalue weighted by Crippen LogP contribution is 2.42. The highest BCUT2D eigenvalue weighted by molar-refractivity contribution is 5.95. The maximum Gasteiger partial charge on any atom is 0.213 e. The van der Waals surface area contributed by atoms with Gasteiger partial charge in [-0.15, -0.1) is 0 Å². The molecular formula is C42H37N5O. The number of rotatable bonds is 8. The molecule has 6 nitrogen and oxygen atoms in total. The van der Waals surface area contributed by atoms with Gasteiger partial charge in [-0.3, -0.25) is 9.67 Å². The topological polar surface area (TPSA) is 56.1 Å². The molecule has 0 radical (unpaired) electrons. The summed E-state index contributed by atoms with van der Waals surface area (Å²) in [7, 11) is 0. The number of piperidine rings is 1. The second kappa shape index (κ2) is 12.8. The van der Waals surface area contributed by atoms with Gasteiger partial charge >= 0.3 is 0 Å². The van der Waals surface area contributed by atoms with Crippen LogP contribution in [0.2, 0.25) is 0 Å². The normalized spacial score (nSPS) is 13.9. The Labute approximate surface area is 281 Å². The maximum absolute atomic E-state index is 6.18. The van der Waals surface area contributed by atoms with Gasteiger partial charge in [0.15, 0.2) is 0 Å². The highest BCUT2D eigenvalue weighted by Gasteiger charge is 2.39. The number of aryl methyl sites for hydroxylation is 1. The number of nitrogens with zero attached hydrogens (tertiary/aromatic N) is 5. The molecule has 3 aromatic heterocycles. The molecule has 4 aromatic carbocycles. The van der Waals surface area contributed by atoms with Crippen molar-refractivity contribution in [3.63, 3.8) is 0 Å². The van der Waals surface area contributed by atoms with Crippen LogP contribution < -0.4 is 9.64 Å². The van der Waals surface area contributed by atoms with Crippen molar-refractivity contribution in [1.82, 2.24) is 19.7 Å². The molecule has 0 N–H and O–H groups in total. The molecule has 0 atom stereocenters. The summed E-state index contributed by atoms with van der Waals surface area (Å²) in [6.45, 7) is 3.93. The van der Waals surface area contributed by atoms with Gasteiger partial charge in [-0.1, -0.05) is 103 Å². The van der Waals surface area contributed by atoms with Crippen LogP contribution in [0.15, 0.2) is 152 Å². The van der Waals surface area contributed by atoms with Crippen molar-refractivity contribution in [3.05, 3.63) is 174 Å². The smallest absolute Gasteiger partial charge is 0.213 e. The van der Waals surface area contributed by atoms with Crippen molar-refractivity contribution in [2.45, 2.75) is 31.4 Å². The number of ether oxygens (including phenoxy) is 1. The molecular weight excluding hydrogens is 590 g/mol. The third kappa shape index (κ3) is 5.39. The Balaban J connectivity index is 1.19. The van der Waals surface area contributed by atoms with E-state index in [2.05, 4.69) is 143 Å². The van der Waals surface area contributed by atoms with Gasteiger partial charge in [0, 0.05) is 67.2 Å². The first-order chi connectivity index (χ1) is 23.7. The van der Waals surface area contributed by atoms with Gasteiger partial charge in [0.1, 0.15) is 11.6 Å². The number of hydrogen-bond donors (Lipinski definition) is 0. The highest BCUT2D eigenvalue weighted by atomic mass is 16.5. The first-order valence-electron chi connectivity index (χ1n) is 16.7. The van der Waals surface area contributed by atoms with Gasteiger partial charge in [-0.2, -0.15) is 5.10 Å². The number of hydrogen-bond acceptors (Lipinski definition) is 5. The molecule has 0 saturated carbocycles. The minimum atomic E-state index is -0.669. The Kier molecular flexibility index (Phi) is 7.90. The summed E-state index contributed by atoms with van der Waals surface area (Å²) in [4.78, 5) is 11.6. The zero-order valence-electron chi connectivity index (χ0n) is 27.0. The van der Waals surface area contributed by atoms with Crippen LogP contribution in [0.3, 0.4) is 0 Å². The van der Waals surface area contributed by atoms with Gasteiger partial charge in [0.25, 0.3) is 0 Å². The molecule has 0 unspecified atom stereocenters. The Morgan fingerprint density at radius 1 is 0.667 bits per heavy atom. The zero-order chi connectivity index (χ0) is 32.3. The number of fused-ring (bicyclic) bond motifs is 1. The van der Waals surface area contributed by atoms with Crippen LogP contribution >= 0.6 is 0 Å². The molecule has 0 spiro atoms. The zero-order valence-corrected chi connectivity index (χ0v) is 27.0.